The second-order valence-electron chi connectivity index (χ2n) is 5.34. The summed E-state index contributed by atoms with van der Waals surface area (Å²) >= 11 is 0. The monoisotopic (exact) mass is 320 g/mol. The second kappa shape index (κ2) is 6.55. The number of carboxylic acid groups (broad SMARTS) is 1. The molecule has 0 unspecified atom stereocenters. The van der Waals surface area contributed by atoms with E-state index in [2.05, 4.69) is 15.4 Å². The predicted octanol–water partition coefficient (Wildman–Crippen LogP) is 1.73. The van der Waals surface area contributed by atoms with Gasteiger partial charge in [-0.3, -0.25) is 9.59 Å². The number of para-hydroxylation sites is 1. The molecule has 23 heavy (non-hydrogen) atoms. The minimum absolute atomic E-state index is 0.111. The highest BCUT2D eigenvalue weighted by molar-refractivity contribution is 5.93. The van der Waals surface area contributed by atoms with Crippen LogP contribution < -0.4 is 5.32 Å². The van der Waals surface area contributed by atoms with Crippen molar-refractivity contribution in [1.82, 2.24) is 20.1 Å². The van der Waals surface area contributed by atoms with Gasteiger partial charge in [-0.15, -0.1) is 5.10 Å². The molecule has 8 heteroatoms. The number of amides is 1. The third kappa shape index (κ3) is 3.53. The van der Waals surface area contributed by atoms with E-state index >= 15 is 0 Å². The first-order valence-electron chi connectivity index (χ1n) is 7.06. The van der Waals surface area contributed by atoms with Crippen molar-refractivity contribution in [1.29, 1.82) is 0 Å². The van der Waals surface area contributed by atoms with Gasteiger partial charge in [0.25, 0.3) is 5.91 Å². The Morgan fingerprint density at radius 1 is 1.26 bits per heavy atom. The number of nitrogens with zero attached hydrogens (tertiary/aromatic N) is 3. The van der Waals surface area contributed by atoms with E-state index in [1.54, 1.807) is 12.1 Å². The quantitative estimate of drug-likeness (QED) is 0.874. The van der Waals surface area contributed by atoms with Crippen molar-refractivity contribution >= 4 is 11.9 Å². The van der Waals surface area contributed by atoms with Gasteiger partial charge in [0.1, 0.15) is 23.4 Å². The van der Waals surface area contributed by atoms with E-state index in [0.29, 0.717) is 5.82 Å². The molecule has 7 nitrogen and oxygen atoms in total. The van der Waals surface area contributed by atoms with Crippen LogP contribution in [0.5, 0.6) is 0 Å². The molecule has 122 valence electrons. The Kier molecular flexibility index (Phi) is 4.73. The van der Waals surface area contributed by atoms with Crippen molar-refractivity contribution < 1.29 is 19.1 Å². The smallest absolute Gasteiger partial charge is 0.325 e. The number of aromatic nitrogens is 3. The number of carbonyl (C=O) groups is 2. The highest BCUT2D eigenvalue weighted by Crippen LogP contribution is 2.19. The third-order valence-corrected chi connectivity index (χ3v) is 3.15. The van der Waals surface area contributed by atoms with Gasteiger partial charge in [0.15, 0.2) is 0 Å². The third-order valence-electron chi connectivity index (χ3n) is 3.15. The summed E-state index contributed by atoms with van der Waals surface area (Å²) < 4.78 is 15.2. The molecule has 0 aliphatic rings. The first kappa shape index (κ1) is 16.6. The number of rotatable bonds is 5. The molecule has 1 aromatic carbocycles. The van der Waals surface area contributed by atoms with Gasteiger partial charge < -0.3 is 10.4 Å². The van der Waals surface area contributed by atoms with Crippen molar-refractivity contribution in [3.8, 4) is 5.69 Å². The Morgan fingerprint density at radius 2 is 1.91 bits per heavy atom. The van der Waals surface area contributed by atoms with Gasteiger partial charge in [0.2, 0.25) is 5.82 Å². The van der Waals surface area contributed by atoms with Crippen LogP contribution in [0.2, 0.25) is 0 Å². The van der Waals surface area contributed by atoms with Gasteiger partial charge >= 0.3 is 5.97 Å². The molecule has 1 aromatic heterocycles. The number of aliphatic carboxylic acids is 1. The van der Waals surface area contributed by atoms with Crippen LogP contribution in [-0.4, -0.2) is 37.8 Å². The molecule has 0 saturated heterocycles. The zero-order valence-corrected chi connectivity index (χ0v) is 12.9. The lowest BCUT2D eigenvalue weighted by Gasteiger charge is -2.08. The second-order valence-corrected chi connectivity index (χ2v) is 5.34. The van der Waals surface area contributed by atoms with Crippen LogP contribution in [0.4, 0.5) is 4.39 Å². The van der Waals surface area contributed by atoms with Crippen molar-refractivity contribution in [3.05, 3.63) is 41.7 Å². The molecule has 0 fully saturated rings. The van der Waals surface area contributed by atoms with Crippen molar-refractivity contribution in [2.45, 2.75) is 32.7 Å². The highest BCUT2D eigenvalue weighted by atomic mass is 19.1. The summed E-state index contributed by atoms with van der Waals surface area (Å²) in [5.74, 6) is -2.30. The minimum Gasteiger partial charge on any atom is -0.480 e. The lowest BCUT2D eigenvalue weighted by Crippen LogP contribution is -2.38. The number of hydrogen-bond acceptors (Lipinski definition) is 4. The molecule has 1 heterocycles. The molecule has 2 aromatic rings. The van der Waals surface area contributed by atoms with Gasteiger partial charge in [-0.05, 0) is 19.1 Å². The number of benzene rings is 1. The summed E-state index contributed by atoms with van der Waals surface area (Å²) in [4.78, 5) is 27.0. The number of hydrogen-bond donors (Lipinski definition) is 2. The summed E-state index contributed by atoms with van der Waals surface area (Å²) in [6.07, 6.45) is 0. The number of nitrogens with one attached hydrogen (secondary N) is 1. The van der Waals surface area contributed by atoms with E-state index in [-0.39, 0.29) is 17.4 Å². The van der Waals surface area contributed by atoms with Crippen molar-refractivity contribution in [2.75, 3.05) is 0 Å². The van der Waals surface area contributed by atoms with Gasteiger partial charge in [0, 0.05) is 5.92 Å². The highest BCUT2D eigenvalue weighted by Gasteiger charge is 2.23. The molecule has 0 saturated carbocycles. The van der Waals surface area contributed by atoms with Crippen LogP contribution in [0.1, 0.15) is 43.1 Å². The van der Waals surface area contributed by atoms with Gasteiger partial charge in [0.05, 0.1) is 0 Å². The van der Waals surface area contributed by atoms with E-state index in [4.69, 9.17) is 5.11 Å². The van der Waals surface area contributed by atoms with E-state index in [9.17, 15) is 14.0 Å². The normalized spacial score (nSPS) is 12.2. The van der Waals surface area contributed by atoms with Crippen LogP contribution >= 0.6 is 0 Å². The van der Waals surface area contributed by atoms with E-state index in [1.165, 1.54) is 23.7 Å². The van der Waals surface area contributed by atoms with Crippen LogP contribution in [0.15, 0.2) is 24.3 Å². The predicted molar refractivity (Wildman–Crippen MR) is 80.0 cm³/mol. The lowest BCUT2D eigenvalue weighted by atomic mass is 10.2. The first-order valence-corrected chi connectivity index (χ1v) is 7.06. The minimum atomic E-state index is -1.17. The maximum absolute atomic E-state index is 14.0. The Labute approximate surface area is 132 Å². The van der Waals surface area contributed by atoms with Gasteiger partial charge in [-0.25, -0.2) is 14.1 Å². The summed E-state index contributed by atoms with van der Waals surface area (Å²) in [6, 6.07) is 4.93. The van der Waals surface area contributed by atoms with E-state index in [0.717, 1.165) is 0 Å². The van der Waals surface area contributed by atoms with E-state index in [1.807, 2.05) is 13.8 Å². The zero-order valence-electron chi connectivity index (χ0n) is 12.9. The molecule has 0 bridgehead atoms. The first-order chi connectivity index (χ1) is 10.8. The molecule has 2 rings (SSSR count). The van der Waals surface area contributed by atoms with Crippen molar-refractivity contribution in [3.63, 3.8) is 0 Å². The molecule has 1 atom stereocenters. The topological polar surface area (TPSA) is 97.1 Å². The molecular formula is C15H17FN4O3. The number of carbonyl (C=O) groups excluding carboxylic acids is 1. The molecule has 0 spiro atoms. The van der Waals surface area contributed by atoms with Crippen LogP contribution in [-0.2, 0) is 4.79 Å². The maximum atomic E-state index is 14.0. The summed E-state index contributed by atoms with van der Waals surface area (Å²) in [6.45, 7) is 5.00. The van der Waals surface area contributed by atoms with Crippen LogP contribution in [0, 0.1) is 5.82 Å². The van der Waals surface area contributed by atoms with Gasteiger partial charge in [-0.1, -0.05) is 26.0 Å². The average molecular weight is 320 g/mol. The molecular weight excluding hydrogens is 303 g/mol. The lowest BCUT2D eigenvalue weighted by molar-refractivity contribution is -0.138. The largest absolute Gasteiger partial charge is 0.480 e. The fraction of sp³-hybridized carbons (Fsp3) is 0.333. The molecule has 0 aliphatic heterocycles. The Hall–Kier alpha value is -2.77. The van der Waals surface area contributed by atoms with Crippen molar-refractivity contribution in [2.24, 2.45) is 0 Å². The molecule has 0 aliphatic carbocycles. The average Bonchev–Trinajstić information content (AvgIpc) is 2.92. The Balaban J connectivity index is 2.42. The summed E-state index contributed by atoms with van der Waals surface area (Å²) in [7, 11) is 0. The Morgan fingerprint density at radius 3 is 2.48 bits per heavy atom. The summed E-state index contributed by atoms with van der Waals surface area (Å²) in [5, 5.41) is 15.1. The van der Waals surface area contributed by atoms with Crippen LogP contribution in [0.3, 0.4) is 0 Å². The van der Waals surface area contributed by atoms with Crippen LogP contribution in [0.25, 0.3) is 5.69 Å². The summed E-state index contributed by atoms with van der Waals surface area (Å²) in [5.41, 5.74) is 0.175. The van der Waals surface area contributed by atoms with E-state index < -0.39 is 23.7 Å². The Bertz CT molecular complexity index is 742. The number of halogens is 1. The number of carboxylic acids is 1. The SMILES string of the molecule is CC(C)c1nc(C(=O)N[C@@H](C)C(=O)O)nn1-c1ccccc1F. The molecule has 2 N–H and O–H groups in total. The zero-order chi connectivity index (χ0) is 17.1. The standard InChI is InChI=1S/C15H17FN4O3/c1-8(2)13-18-12(14(21)17-9(3)15(22)23)19-20(13)11-7-5-4-6-10(11)16/h4-9H,1-3H3,(H,17,21)(H,22,23)/t9-/m0/s1. The fourth-order valence-corrected chi connectivity index (χ4v) is 1.92. The molecule has 1 amide bonds. The maximum Gasteiger partial charge on any atom is 0.325 e. The van der Waals surface area contributed by atoms with Gasteiger partial charge in [-0.2, -0.15) is 0 Å². The fourth-order valence-electron chi connectivity index (χ4n) is 1.92. The molecule has 0 radical (unpaired) electrons.